The molecule has 1 heterocycles. The predicted octanol–water partition coefficient (Wildman–Crippen LogP) is -1.10. The minimum atomic E-state index is -1.38. The second-order valence-electron chi connectivity index (χ2n) is 8.21. The van der Waals surface area contributed by atoms with Crippen molar-refractivity contribution < 1.29 is 29.4 Å². The summed E-state index contributed by atoms with van der Waals surface area (Å²) in [6.45, 7) is 6.30. The van der Waals surface area contributed by atoms with Crippen molar-refractivity contribution in [1.82, 2.24) is 25.9 Å². The fourth-order valence-electron chi connectivity index (χ4n) is 3.08. The van der Waals surface area contributed by atoms with Crippen molar-refractivity contribution >= 4 is 23.7 Å². The predicted molar refractivity (Wildman–Crippen MR) is 120 cm³/mol. The third-order valence-corrected chi connectivity index (χ3v) is 5.72. The van der Waals surface area contributed by atoms with Gasteiger partial charge in [0.05, 0.1) is 19.0 Å². The van der Waals surface area contributed by atoms with Gasteiger partial charge in [0.15, 0.2) is 0 Å². The van der Waals surface area contributed by atoms with Gasteiger partial charge in [-0.15, -0.1) is 0 Å². The number of nitrogens with two attached hydrogens (primary N) is 1. The second-order valence-corrected chi connectivity index (χ2v) is 8.21. The lowest BCUT2D eigenvalue weighted by Gasteiger charge is -2.28. The summed E-state index contributed by atoms with van der Waals surface area (Å²) >= 11 is 0. The van der Waals surface area contributed by atoms with Crippen molar-refractivity contribution in [3.8, 4) is 0 Å². The molecule has 0 spiro atoms. The van der Waals surface area contributed by atoms with Crippen molar-refractivity contribution in [3.63, 3.8) is 0 Å². The van der Waals surface area contributed by atoms with Gasteiger partial charge in [-0.25, -0.2) is 9.78 Å². The lowest BCUT2D eigenvalue weighted by Crippen LogP contribution is -2.60. The highest BCUT2D eigenvalue weighted by Gasteiger charge is 2.33. The number of aromatic nitrogens is 2. The summed E-state index contributed by atoms with van der Waals surface area (Å²) in [5, 5.41) is 26.4. The van der Waals surface area contributed by atoms with Crippen molar-refractivity contribution in [2.24, 2.45) is 17.6 Å². The minimum Gasteiger partial charge on any atom is -0.480 e. The van der Waals surface area contributed by atoms with E-state index in [9.17, 15) is 29.4 Å². The SMILES string of the molecule is CCC(C)C(NC(=O)C(CO)NC(=O)C(NC(=O)C(N)Cc1cnc[nH]1)C(C)CC)C(=O)O. The van der Waals surface area contributed by atoms with Gasteiger partial charge in [-0.05, 0) is 11.8 Å². The number of hydrogen-bond acceptors (Lipinski definition) is 7. The molecule has 0 fully saturated rings. The average Bonchev–Trinajstić information content (AvgIpc) is 3.30. The normalized spacial score (nSPS) is 16.5. The molecule has 3 amide bonds. The number of rotatable bonds is 14. The van der Waals surface area contributed by atoms with Crippen LogP contribution in [0.4, 0.5) is 0 Å². The number of carboxylic acids is 1. The van der Waals surface area contributed by atoms with E-state index in [0.717, 1.165) is 0 Å². The summed E-state index contributed by atoms with van der Waals surface area (Å²) in [6, 6.07) is -4.50. The number of aliphatic hydroxyl groups is 1. The van der Waals surface area contributed by atoms with Gasteiger partial charge in [-0.2, -0.15) is 0 Å². The molecule has 0 radical (unpaired) electrons. The van der Waals surface area contributed by atoms with Crippen LogP contribution in [0.15, 0.2) is 12.5 Å². The maximum absolute atomic E-state index is 12.9. The molecule has 6 unspecified atom stereocenters. The van der Waals surface area contributed by atoms with Crippen LogP contribution in [0.5, 0.6) is 0 Å². The molecule has 1 aromatic heterocycles. The Morgan fingerprint density at radius 3 is 2.06 bits per heavy atom. The van der Waals surface area contributed by atoms with Gasteiger partial charge < -0.3 is 36.9 Å². The topological polar surface area (TPSA) is 200 Å². The van der Waals surface area contributed by atoms with E-state index in [0.29, 0.717) is 18.5 Å². The Kier molecular flexibility index (Phi) is 11.5. The highest BCUT2D eigenvalue weighted by molar-refractivity contribution is 5.94. The Bertz CT molecular complexity index is 786. The third-order valence-electron chi connectivity index (χ3n) is 5.72. The van der Waals surface area contributed by atoms with Crippen LogP contribution in [0.3, 0.4) is 0 Å². The molecular formula is C21H36N6O6. The van der Waals surface area contributed by atoms with Crippen molar-refractivity contribution in [3.05, 3.63) is 18.2 Å². The maximum atomic E-state index is 12.9. The molecule has 0 aromatic carbocycles. The highest BCUT2D eigenvalue weighted by atomic mass is 16.4. The van der Waals surface area contributed by atoms with E-state index in [4.69, 9.17) is 5.73 Å². The van der Waals surface area contributed by atoms with Gasteiger partial charge in [0.1, 0.15) is 18.1 Å². The summed E-state index contributed by atoms with van der Waals surface area (Å²) in [5.41, 5.74) is 6.61. The number of carbonyl (C=O) groups is 4. The number of aliphatic hydroxyl groups excluding tert-OH is 1. The third kappa shape index (κ3) is 8.46. The van der Waals surface area contributed by atoms with Crippen LogP contribution in [-0.4, -0.2) is 74.6 Å². The summed E-state index contributed by atoms with van der Waals surface area (Å²) in [4.78, 5) is 56.2. The first-order valence-corrected chi connectivity index (χ1v) is 11.0. The Morgan fingerprint density at radius 2 is 1.58 bits per heavy atom. The van der Waals surface area contributed by atoms with Gasteiger partial charge in [0.25, 0.3) is 0 Å². The Balaban J connectivity index is 2.87. The van der Waals surface area contributed by atoms with Crippen LogP contribution < -0.4 is 21.7 Å². The van der Waals surface area contributed by atoms with Crippen LogP contribution in [0.2, 0.25) is 0 Å². The molecule has 0 bridgehead atoms. The maximum Gasteiger partial charge on any atom is 0.326 e. The fourth-order valence-corrected chi connectivity index (χ4v) is 3.08. The smallest absolute Gasteiger partial charge is 0.326 e. The minimum absolute atomic E-state index is 0.189. The lowest BCUT2D eigenvalue weighted by atomic mass is 9.97. The Hall–Kier alpha value is -2.99. The summed E-state index contributed by atoms with van der Waals surface area (Å²) < 4.78 is 0. The number of carbonyl (C=O) groups excluding carboxylic acids is 3. The molecule has 0 aliphatic carbocycles. The zero-order valence-corrected chi connectivity index (χ0v) is 19.5. The molecule has 0 aliphatic heterocycles. The van der Waals surface area contributed by atoms with Crippen LogP contribution in [0.1, 0.15) is 46.2 Å². The van der Waals surface area contributed by atoms with E-state index >= 15 is 0 Å². The number of nitrogens with one attached hydrogen (secondary N) is 4. The highest BCUT2D eigenvalue weighted by Crippen LogP contribution is 2.11. The number of H-pyrrole nitrogens is 1. The molecule has 12 heteroatoms. The zero-order valence-electron chi connectivity index (χ0n) is 19.5. The lowest BCUT2D eigenvalue weighted by molar-refractivity contribution is -0.144. The molecule has 0 saturated heterocycles. The van der Waals surface area contributed by atoms with E-state index < -0.39 is 54.5 Å². The molecule has 1 aromatic rings. The van der Waals surface area contributed by atoms with E-state index in [2.05, 4.69) is 25.9 Å². The van der Waals surface area contributed by atoms with Crippen LogP contribution >= 0.6 is 0 Å². The Labute approximate surface area is 193 Å². The van der Waals surface area contributed by atoms with Gasteiger partial charge in [0.2, 0.25) is 17.7 Å². The average molecular weight is 469 g/mol. The zero-order chi connectivity index (χ0) is 25.1. The Morgan fingerprint density at radius 1 is 1.00 bits per heavy atom. The second kappa shape index (κ2) is 13.5. The van der Waals surface area contributed by atoms with Crippen molar-refractivity contribution in [2.75, 3.05) is 6.61 Å². The first kappa shape index (κ1) is 28.0. The standard InChI is InChI=1S/C21H36N6O6/c1-5-11(3)16(26-18(29)14(22)7-13-8-23-10-24-13)20(31)25-15(9-28)19(30)27-17(21(32)33)12(4)6-2/h8,10-12,14-17,28H,5-7,9,22H2,1-4H3,(H,23,24)(H,25,31)(H,26,29)(H,27,30)(H,32,33). The van der Waals surface area contributed by atoms with E-state index in [1.165, 1.54) is 6.33 Å². The molecule has 0 aliphatic rings. The van der Waals surface area contributed by atoms with Crippen molar-refractivity contribution in [2.45, 2.75) is 71.1 Å². The number of carboxylic acid groups (broad SMARTS) is 1. The van der Waals surface area contributed by atoms with Crippen LogP contribution in [0.25, 0.3) is 0 Å². The van der Waals surface area contributed by atoms with E-state index in [1.54, 1.807) is 27.0 Å². The van der Waals surface area contributed by atoms with Gasteiger partial charge in [-0.1, -0.05) is 40.5 Å². The fraction of sp³-hybridized carbons (Fsp3) is 0.667. The van der Waals surface area contributed by atoms with Crippen LogP contribution in [0, 0.1) is 11.8 Å². The molecule has 0 saturated carbocycles. The molecular weight excluding hydrogens is 432 g/mol. The largest absolute Gasteiger partial charge is 0.480 e. The van der Waals surface area contributed by atoms with Crippen LogP contribution in [-0.2, 0) is 25.6 Å². The quantitative estimate of drug-likeness (QED) is 0.178. The van der Waals surface area contributed by atoms with E-state index in [-0.39, 0.29) is 18.3 Å². The number of amides is 3. The summed E-state index contributed by atoms with van der Waals surface area (Å²) in [6.07, 6.45) is 4.24. The molecule has 12 nitrogen and oxygen atoms in total. The number of aliphatic carboxylic acids is 1. The first-order chi connectivity index (χ1) is 15.5. The van der Waals surface area contributed by atoms with Gasteiger partial charge >= 0.3 is 5.97 Å². The molecule has 186 valence electrons. The van der Waals surface area contributed by atoms with E-state index in [1.807, 2.05) is 6.92 Å². The number of nitrogens with zero attached hydrogens (tertiary/aromatic N) is 1. The van der Waals surface area contributed by atoms with Crippen molar-refractivity contribution in [1.29, 1.82) is 0 Å². The molecule has 8 N–H and O–H groups in total. The summed E-state index contributed by atoms with van der Waals surface area (Å²) in [7, 11) is 0. The molecule has 6 atom stereocenters. The number of hydrogen-bond donors (Lipinski definition) is 7. The first-order valence-electron chi connectivity index (χ1n) is 11.0. The molecule has 1 rings (SSSR count). The monoisotopic (exact) mass is 468 g/mol. The van der Waals surface area contributed by atoms with Gasteiger partial charge in [0, 0.05) is 18.3 Å². The number of imidazole rings is 1. The summed E-state index contributed by atoms with van der Waals surface area (Å²) in [5.74, 6) is -3.94. The van der Waals surface area contributed by atoms with Gasteiger partial charge in [-0.3, -0.25) is 14.4 Å². The molecule has 33 heavy (non-hydrogen) atoms. The number of aromatic amines is 1.